The summed E-state index contributed by atoms with van der Waals surface area (Å²) in [6.07, 6.45) is 1.58. The van der Waals surface area contributed by atoms with Gasteiger partial charge in [0.1, 0.15) is 0 Å². The number of carbonyl (C=O) groups is 7. The monoisotopic (exact) mass is 875 g/mol. The highest BCUT2D eigenvalue weighted by molar-refractivity contribution is 6.10. The summed E-state index contributed by atoms with van der Waals surface area (Å²) in [6.45, 7) is 15.1. The predicted molar refractivity (Wildman–Crippen MR) is 237 cm³/mol. The molecule has 63 heavy (non-hydrogen) atoms. The van der Waals surface area contributed by atoms with E-state index in [2.05, 4.69) is 5.32 Å². The number of allylic oxidation sites excluding steroid dienone is 6. The van der Waals surface area contributed by atoms with Gasteiger partial charge < -0.3 is 44.8 Å². The van der Waals surface area contributed by atoms with Crippen molar-refractivity contribution >= 4 is 58.5 Å². The van der Waals surface area contributed by atoms with Crippen LogP contribution in [-0.2, 0) is 33.6 Å². The van der Waals surface area contributed by atoms with E-state index < -0.39 is 98.3 Å². The van der Waals surface area contributed by atoms with Crippen molar-refractivity contribution < 1.29 is 38.7 Å². The minimum Gasteiger partial charge on any atom is -0.481 e. The maximum Gasteiger partial charge on any atom is 0.303 e. The largest absolute Gasteiger partial charge is 0.481 e. The molecule has 0 spiro atoms. The molecule has 0 radical (unpaired) electrons. The third-order valence-electron chi connectivity index (χ3n) is 15.5. The number of carboxylic acids is 1. The Labute approximate surface area is 368 Å². The molecule has 1 fully saturated rings. The van der Waals surface area contributed by atoms with E-state index >= 15 is 0 Å². The summed E-state index contributed by atoms with van der Waals surface area (Å²) in [5, 5.41) is 13.8. The predicted octanol–water partition coefficient (Wildman–Crippen LogP) is 2.32. The molecule has 5 aliphatic rings. The summed E-state index contributed by atoms with van der Waals surface area (Å²) in [6, 6.07) is -0.928. The number of hydrogen-bond acceptors (Lipinski definition) is 11. The standard InChI is InChI=1S/C45H66N10O8/c1-21-36-24(10-13-30(47)57)41(3,4)28(53-36)18-27-23(9-12-29(46)56)43(6,19-33(50)60)39(52-27)22(2)37-25(11-14-31(48)58)44(7,20-34(51)61)45(8,55-37)40-26(17-32(49)59)42(5,38(21)54-40)16-15-35(62)63/h18,23-26,40,52H,9-17,19-20H2,1-8H3,(H2,46,56)(H2,47,57)(H2,48,58)(H2,49,59)(H2,50,60)(H2,51,61)(H,62,63)/b27-18-,36-21-,39-22?. The van der Waals surface area contributed by atoms with Gasteiger partial charge in [0.25, 0.3) is 0 Å². The molecule has 0 aromatic rings. The molecule has 0 aromatic heterocycles. The van der Waals surface area contributed by atoms with Gasteiger partial charge in [-0.2, -0.15) is 0 Å². The number of carbonyl (C=O) groups excluding carboxylic acids is 6. The second kappa shape index (κ2) is 17.1. The molecular weight excluding hydrogens is 809 g/mol. The van der Waals surface area contributed by atoms with E-state index in [4.69, 9.17) is 49.4 Å². The Morgan fingerprint density at radius 2 is 1.22 bits per heavy atom. The molecular formula is C45H66N10O8. The van der Waals surface area contributed by atoms with Gasteiger partial charge >= 0.3 is 5.97 Å². The van der Waals surface area contributed by atoms with Crippen LogP contribution in [0, 0.1) is 45.3 Å². The Hall–Kier alpha value is -5.68. The quantitative estimate of drug-likeness (QED) is 0.100. The number of aliphatic imine (C=N–C) groups is 3. The lowest BCUT2D eigenvalue weighted by atomic mass is 9.55. The number of primary amides is 6. The Kier molecular flexibility index (Phi) is 13.1. The summed E-state index contributed by atoms with van der Waals surface area (Å²) in [7, 11) is 0. The third kappa shape index (κ3) is 8.56. The summed E-state index contributed by atoms with van der Waals surface area (Å²) in [5.74, 6) is -7.06. The fourth-order valence-electron chi connectivity index (χ4n) is 11.9. The number of aliphatic carboxylic acids is 1. The van der Waals surface area contributed by atoms with Crippen molar-refractivity contribution in [3.63, 3.8) is 0 Å². The molecule has 8 bridgehead atoms. The maximum absolute atomic E-state index is 13.4. The van der Waals surface area contributed by atoms with Crippen molar-refractivity contribution in [3.05, 3.63) is 34.3 Å². The van der Waals surface area contributed by atoms with Gasteiger partial charge in [-0.05, 0) is 63.7 Å². The highest BCUT2D eigenvalue weighted by atomic mass is 16.4. The zero-order valence-electron chi connectivity index (χ0n) is 37.9. The van der Waals surface area contributed by atoms with E-state index in [0.29, 0.717) is 51.8 Å². The van der Waals surface area contributed by atoms with Gasteiger partial charge in [-0.3, -0.25) is 48.5 Å². The van der Waals surface area contributed by atoms with Crippen LogP contribution in [0.25, 0.3) is 0 Å². The molecule has 1 saturated heterocycles. The first-order valence-electron chi connectivity index (χ1n) is 21.6. The average Bonchev–Trinajstić information content (AvgIpc) is 3.75. The van der Waals surface area contributed by atoms with Gasteiger partial charge in [0, 0.05) is 125 Å². The van der Waals surface area contributed by atoms with E-state index in [-0.39, 0.29) is 64.2 Å². The van der Waals surface area contributed by atoms with Crippen LogP contribution in [0.15, 0.2) is 49.3 Å². The molecule has 14 N–H and O–H groups in total. The molecule has 18 nitrogen and oxygen atoms in total. The van der Waals surface area contributed by atoms with Gasteiger partial charge in [0.05, 0.1) is 11.6 Å². The highest BCUT2D eigenvalue weighted by Gasteiger charge is 2.66. The van der Waals surface area contributed by atoms with Crippen molar-refractivity contribution in [1.29, 1.82) is 0 Å². The minimum atomic E-state index is -1.39. The normalized spacial score (nSPS) is 35.0. The number of nitrogens with one attached hydrogen (secondary N) is 1. The van der Waals surface area contributed by atoms with Gasteiger partial charge in [-0.25, -0.2) is 0 Å². The second-order valence-electron chi connectivity index (χ2n) is 19.9. The molecule has 6 amide bonds. The molecule has 0 saturated carbocycles. The molecule has 9 unspecified atom stereocenters. The van der Waals surface area contributed by atoms with E-state index in [0.717, 1.165) is 0 Å². The molecule has 18 heteroatoms. The van der Waals surface area contributed by atoms with Crippen molar-refractivity contribution in [2.45, 2.75) is 138 Å². The summed E-state index contributed by atoms with van der Waals surface area (Å²) >= 11 is 0. The lowest BCUT2D eigenvalue weighted by Gasteiger charge is -2.48. The Balaban J connectivity index is 2.03. The highest BCUT2D eigenvalue weighted by Crippen LogP contribution is 2.62. The van der Waals surface area contributed by atoms with Gasteiger partial charge in [-0.15, -0.1) is 0 Å². The number of fused-ring (bicyclic) bond motifs is 6. The summed E-state index contributed by atoms with van der Waals surface area (Å²) < 4.78 is 0. The molecule has 9 atom stereocenters. The molecule has 5 aliphatic heterocycles. The first-order valence-corrected chi connectivity index (χ1v) is 21.6. The van der Waals surface area contributed by atoms with Crippen LogP contribution in [0.4, 0.5) is 0 Å². The van der Waals surface area contributed by atoms with Gasteiger partial charge in [-0.1, -0.05) is 34.6 Å². The fraction of sp³-hybridized carbons (Fsp3) is 0.644. The molecule has 0 aliphatic carbocycles. The topological polar surface area (TPSA) is 345 Å². The second-order valence-corrected chi connectivity index (χ2v) is 19.9. The van der Waals surface area contributed by atoms with Crippen molar-refractivity contribution in [1.82, 2.24) is 5.32 Å². The molecule has 0 aromatic carbocycles. The Morgan fingerprint density at radius 1 is 0.683 bits per heavy atom. The average molecular weight is 875 g/mol. The fourth-order valence-corrected chi connectivity index (χ4v) is 11.9. The number of nitrogens with zero attached hydrogens (tertiary/aromatic N) is 3. The van der Waals surface area contributed by atoms with Gasteiger partial charge in [0.2, 0.25) is 35.4 Å². The first kappa shape index (κ1) is 48.4. The number of amides is 6. The van der Waals surface area contributed by atoms with E-state index in [1.807, 2.05) is 61.5 Å². The summed E-state index contributed by atoms with van der Waals surface area (Å²) in [4.78, 5) is 106. The Bertz CT molecular complexity index is 2220. The van der Waals surface area contributed by atoms with Crippen molar-refractivity contribution in [3.8, 4) is 0 Å². The van der Waals surface area contributed by atoms with Crippen LogP contribution < -0.4 is 39.7 Å². The number of nitrogens with two attached hydrogens (primary N) is 6. The minimum absolute atomic E-state index is 0.0237. The third-order valence-corrected chi connectivity index (χ3v) is 15.5. The number of rotatable bonds is 18. The number of hydrogen-bond donors (Lipinski definition) is 8. The van der Waals surface area contributed by atoms with E-state index in [1.165, 1.54) is 0 Å². The zero-order valence-corrected chi connectivity index (χ0v) is 37.9. The van der Waals surface area contributed by atoms with Crippen LogP contribution in [0.3, 0.4) is 0 Å². The first-order chi connectivity index (χ1) is 29.0. The molecule has 344 valence electrons. The van der Waals surface area contributed by atoms with Crippen LogP contribution in [0.2, 0.25) is 0 Å². The lowest BCUT2D eigenvalue weighted by Crippen LogP contribution is -2.56. The van der Waals surface area contributed by atoms with Crippen LogP contribution in [0.5, 0.6) is 0 Å². The van der Waals surface area contributed by atoms with Crippen LogP contribution in [-0.4, -0.2) is 75.2 Å². The SMILES string of the molecule is CC1=C2N/C(=C\C3=NC(=C(/C)C4=NC(C(CC(N)=O)C4(C)CCC(=O)O)C4(C)N=C1C(CCC(N)=O)C4(C)CC(N)=O)/C(CCC(N)=O)C3(C)C)C(CCC(N)=O)C2(C)CC(N)=O. The molecule has 5 heterocycles. The summed E-state index contributed by atoms with van der Waals surface area (Å²) in [5.41, 5.74) is 34.4. The molecule has 5 rings (SSSR count). The van der Waals surface area contributed by atoms with Crippen LogP contribution >= 0.6 is 0 Å². The van der Waals surface area contributed by atoms with E-state index in [9.17, 15) is 38.7 Å². The smallest absolute Gasteiger partial charge is 0.303 e. The van der Waals surface area contributed by atoms with E-state index in [1.54, 1.807) is 0 Å². The van der Waals surface area contributed by atoms with Crippen molar-refractivity contribution in [2.24, 2.45) is 94.7 Å². The maximum atomic E-state index is 13.4. The van der Waals surface area contributed by atoms with Crippen LogP contribution in [0.1, 0.15) is 126 Å². The van der Waals surface area contributed by atoms with Gasteiger partial charge in [0.15, 0.2) is 0 Å². The Morgan fingerprint density at radius 3 is 1.73 bits per heavy atom. The lowest BCUT2D eigenvalue weighted by molar-refractivity contribution is -0.137. The zero-order chi connectivity index (χ0) is 47.4. The van der Waals surface area contributed by atoms with Crippen molar-refractivity contribution in [2.75, 3.05) is 0 Å². The number of carboxylic acid groups (broad SMARTS) is 1.